The van der Waals surface area contributed by atoms with Crippen molar-refractivity contribution in [1.82, 2.24) is 0 Å². The van der Waals surface area contributed by atoms with Gasteiger partial charge >= 0.3 is 5.97 Å². The highest BCUT2D eigenvalue weighted by Gasteiger charge is 2.38. The molecular weight excluding hydrogens is 439 g/mol. The van der Waals surface area contributed by atoms with Gasteiger partial charge in [-0.15, -0.1) is 11.8 Å². The van der Waals surface area contributed by atoms with Gasteiger partial charge in [0.15, 0.2) is 0 Å². The summed E-state index contributed by atoms with van der Waals surface area (Å²) in [7, 11) is 1.23. The molecule has 0 aliphatic carbocycles. The second-order valence-electron chi connectivity index (χ2n) is 8.02. The van der Waals surface area contributed by atoms with E-state index in [4.69, 9.17) is 0 Å². The van der Waals surface area contributed by atoms with Crippen LogP contribution in [0.5, 0.6) is 0 Å². The van der Waals surface area contributed by atoms with Gasteiger partial charge in [-0.1, -0.05) is 56.3 Å². The molecule has 1 N–H and O–H groups in total. The van der Waals surface area contributed by atoms with Crippen LogP contribution >= 0.6 is 11.8 Å². The van der Waals surface area contributed by atoms with Crippen molar-refractivity contribution in [2.45, 2.75) is 55.3 Å². The number of hydrogen-bond acceptors (Lipinski definition) is 5. The van der Waals surface area contributed by atoms with E-state index in [-0.39, 0.29) is 29.2 Å². The Morgan fingerprint density at radius 3 is 2.42 bits per heavy atom. The summed E-state index contributed by atoms with van der Waals surface area (Å²) in [6, 6.07) is 14.6. The predicted molar refractivity (Wildman–Crippen MR) is 129 cm³/mol. The van der Waals surface area contributed by atoms with E-state index in [9.17, 15) is 19.1 Å². The number of esters is 1. The smallest absolute Gasteiger partial charge is 0.313 e. The topological polar surface area (TPSA) is 63.6 Å². The lowest BCUT2D eigenvalue weighted by Gasteiger charge is -2.39. The second-order valence-corrected chi connectivity index (χ2v) is 9.44. The fourth-order valence-electron chi connectivity index (χ4n) is 4.15. The zero-order valence-corrected chi connectivity index (χ0v) is 20.0. The monoisotopic (exact) mass is 468 g/mol. The minimum absolute atomic E-state index is 0.167. The maximum Gasteiger partial charge on any atom is 0.313 e. The maximum atomic E-state index is 13.7. The fourth-order valence-corrected chi connectivity index (χ4v) is 5.57. The van der Waals surface area contributed by atoms with E-state index in [1.165, 1.54) is 19.2 Å². The van der Waals surface area contributed by atoms with Gasteiger partial charge in [0.05, 0.1) is 13.2 Å². The highest BCUT2D eigenvalue weighted by molar-refractivity contribution is 8.01. The van der Waals surface area contributed by atoms with E-state index in [2.05, 4.69) is 30.7 Å². The summed E-state index contributed by atoms with van der Waals surface area (Å²) in [5.74, 6) is -1.30. The molecule has 174 valence electrons. The van der Waals surface area contributed by atoms with Gasteiger partial charge in [0, 0.05) is 16.1 Å². The van der Waals surface area contributed by atoms with Gasteiger partial charge in [-0.25, -0.2) is 4.39 Å². The molecule has 6 heteroatoms. The number of aliphatic hydroxyl groups is 1. The first-order chi connectivity index (χ1) is 15.8. The van der Waals surface area contributed by atoms with E-state index < -0.39 is 12.1 Å². The lowest BCUT2D eigenvalue weighted by molar-refractivity contribution is -0.143. The average Bonchev–Trinajstić information content (AvgIpc) is 2.82. The van der Waals surface area contributed by atoms with Crippen LogP contribution in [0.15, 0.2) is 71.2 Å². The molecule has 0 fully saturated rings. The molecule has 1 unspecified atom stereocenters. The third-order valence-corrected chi connectivity index (χ3v) is 7.75. The van der Waals surface area contributed by atoms with E-state index in [1.54, 1.807) is 30.0 Å². The summed E-state index contributed by atoms with van der Waals surface area (Å²) in [4.78, 5) is 24.5. The first-order valence-electron chi connectivity index (χ1n) is 11.1. The number of ether oxygens (including phenoxy) is 1. The molecule has 0 aromatic heterocycles. The lowest BCUT2D eigenvalue weighted by atomic mass is 9.82. The van der Waals surface area contributed by atoms with Crippen molar-refractivity contribution in [2.75, 3.05) is 7.11 Å². The molecule has 1 aliphatic rings. The molecule has 2 aromatic carbocycles. The Hall–Kier alpha value is -2.70. The number of aliphatic hydroxyl groups excluding tert-OH is 1. The molecule has 0 saturated heterocycles. The largest absolute Gasteiger partial charge is 0.469 e. The molecule has 33 heavy (non-hydrogen) atoms. The molecule has 1 heterocycles. The SMILES string of the molecule is CCC1(CC)Sc2ccccc2C(c2ccc(F)cc2)=C1/C=C/C(O)CC(=O)CC(=O)OC. The van der Waals surface area contributed by atoms with Crippen molar-refractivity contribution in [3.63, 3.8) is 0 Å². The third kappa shape index (κ3) is 5.63. The van der Waals surface area contributed by atoms with Crippen molar-refractivity contribution in [3.8, 4) is 0 Å². The Morgan fingerprint density at radius 1 is 1.12 bits per heavy atom. The van der Waals surface area contributed by atoms with Crippen molar-refractivity contribution in [2.24, 2.45) is 0 Å². The summed E-state index contributed by atoms with van der Waals surface area (Å²) in [5, 5.41) is 10.5. The molecular formula is C27H29FO4S. The number of halogens is 1. The average molecular weight is 469 g/mol. The number of Topliss-reactive ketones (excluding diaryl/α,β-unsaturated/α-hetero) is 1. The van der Waals surface area contributed by atoms with Crippen LogP contribution in [-0.2, 0) is 14.3 Å². The lowest BCUT2D eigenvalue weighted by Crippen LogP contribution is -2.29. The van der Waals surface area contributed by atoms with Crippen LogP contribution in [0.1, 0.15) is 50.7 Å². The standard InChI is InChI=1S/C27H29FO4S/c1-4-27(5-2)23(15-14-20(29)16-21(30)17-25(31)32-3)26(18-10-12-19(28)13-11-18)22-8-6-7-9-24(22)33-27/h6-15,20,29H,4-5,16-17H2,1-3H3/b15-14+. The van der Waals surface area contributed by atoms with Gasteiger partial charge < -0.3 is 9.84 Å². The number of carbonyl (C=O) groups excluding carboxylic acids is 2. The van der Waals surface area contributed by atoms with Gasteiger partial charge in [0.25, 0.3) is 0 Å². The molecule has 0 radical (unpaired) electrons. The Balaban J connectivity index is 2.08. The van der Waals surface area contributed by atoms with Crippen LogP contribution in [0.4, 0.5) is 4.39 Å². The molecule has 2 aromatic rings. The third-order valence-electron chi connectivity index (χ3n) is 5.99. The Bertz CT molecular complexity index is 1070. The highest BCUT2D eigenvalue weighted by Crippen LogP contribution is 2.54. The maximum absolute atomic E-state index is 13.7. The number of methoxy groups -OCH3 is 1. The fraction of sp³-hybridized carbons (Fsp3) is 0.333. The van der Waals surface area contributed by atoms with Crippen molar-refractivity contribution >= 4 is 29.1 Å². The minimum atomic E-state index is -1.03. The van der Waals surface area contributed by atoms with Gasteiger partial charge in [-0.05, 0) is 53.3 Å². The van der Waals surface area contributed by atoms with E-state index in [0.29, 0.717) is 0 Å². The van der Waals surface area contributed by atoms with Crippen LogP contribution in [-0.4, -0.2) is 34.8 Å². The Morgan fingerprint density at radius 2 is 1.79 bits per heavy atom. The van der Waals surface area contributed by atoms with E-state index >= 15 is 0 Å². The normalized spacial score (nSPS) is 15.9. The van der Waals surface area contributed by atoms with Crippen LogP contribution in [0.3, 0.4) is 0 Å². The number of ketones is 1. The summed E-state index contributed by atoms with van der Waals surface area (Å²) in [6.45, 7) is 4.27. The number of hydrogen-bond donors (Lipinski definition) is 1. The zero-order chi connectivity index (χ0) is 24.0. The molecule has 0 bridgehead atoms. The minimum Gasteiger partial charge on any atom is -0.469 e. The zero-order valence-electron chi connectivity index (χ0n) is 19.1. The van der Waals surface area contributed by atoms with Crippen molar-refractivity contribution < 1.29 is 23.8 Å². The van der Waals surface area contributed by atoms with Crippen LogP contribution in [0.2, 0.25) is 0 Å². The van der Waals surface area contributed by atoms with Crippen LogP contribution < -0.4 is 0 Å². The van der Waals surface area contributed by atoms with Gasteiger partial charge in [0.2, 0.25) is 0 Å². The number of thioether (sulfide) groups is 1. The molecule has 3 rings (SSSR count). The predicted octanol–water partition coefficient (Wildman–Crippen LogP) is 5.73. The molecule has 4 nitrogen and oxygen atoms in total. The molecule has 1 aliphatic heterocycles. The summed E-state index contributed by atoms with van der Waals surface area (Å²) in [5.41, 5.74) is 3.98. The quantitative estimate of drug-likeness (QED) is 0.376. The first-order valence-corrected chi connectivity index (χ1v) is 11.9. The molecule has 0 spiro atoms. The second kappa shape index (κ2) is 10.9. The first kappa shape index (κ1) is 24.9. The summed E-state index contributed by atoms with van der Waals surface area (Å²) < 4.78 is 18.0. The van der Waals surface area contributed by atoms with Gasteiger partial charge in [-0.3, -0.25) is 9.59 Å². The van der Waals surface area contributed by atoms with E-state index in [0.717, 1.165) is 40.0 Å². The van der Waals surface area contributed by atoms with Crippen molar-refractivity contribution in [1.29, 1.82) is 0 Å². The number of benzene rings is 2. The number of carbonyl (C=O) groups is 2. The number of fused-ring (bicyclic) bond motifs is 1. The molecule has 0 saturated carbocycles. The molecule has 0 amide bonds. The van der Waals surface area contributed by atoms with Crippen molar-refractivity contribution in [3.05, 3.63) is 83.2 Å². The number of allylic oxidation sites excluding steroid dienone is 1. The highest BCUT2D eigenvalue weighted by atomic mass is 32.2. The summed E-state index contributed by atoms with van der Waals surface area (Å²) in [6.07, 6.45) is 3.65. The van der Waals surface area contributed by atoms with Crippen LogP contribution in [0.25, 0.3) is 5.57 Å². The summed E-state index contributed by atoms with van der Waals surface area (Å²) >= 11 is 1.80. The Labute approximate surface area is 198 Å². The molecule has 1 atom stereocenters. The Kier molecular flexibility index (Phi) is 8.27. The van der Waals surface area contributed by atoms with Gasteiger partial charge in [0.1, 0.15) is 18.0 Å². The number of rotatable bonds is 9. The van der Waals surface area contributed by atoms with E-state index in [1.807, 2.05) is 18.2 Å². The van der Waals surface area contributed by atoms with Gasteiger partial charge in [-0.2, -0.15) is 0 Å². The van der Waals surface area contributed by atoms with Crippen LogP contribution in [0, 0.1) is 5.82 Å².